The fourth-order valence-electron chi connectivity index (χ4n) is 2.76. The molecule has 4 heteroatoms. The Morgan fingerprint density at radius 2 is 2.11 bits per heavy atom. The van der Waals surface area contributed by atoms with E-state index in [-0.39, 0.29) is 18.5 Å². The number of hydrogen-bond donors (Lipinski definition) is 0. The van der Waals surface area contributed by atoms with E-state index in [4.69, 9.17) is 14.2 Å². The van der Waals surface area contributed by atoms with Gasteiger partial charge in [-0.3, -0.25) is 4.79 Å². The van der Waals surface area contributed by atoms with Crippen molar-refractivity contribution in [1.29, 1.82) is 0 Å². The molecule has 0 saturated heterocycles. The lowest BCUT2D eigenvalue weighted by Gasteiger charge is -2.28. The van der Waals surface area contributed by atoms with Crippen molar-refractivity contribution in [3.05, 3.63) is 23.8 Å². The van der Waals surface area contributed by atoms with Crippen LogP contribution in [-0.2, 0) is 4.74 Å². The molecule has 1 aromatic carbocycles. The summed E-state index contributed by atoms with van der Waals surface area (Å²) in [7, 11) is 1.75. The van der Waals surface area contributed by atoms with Crippen molar-refractivity contribution in [1.82, 2.24) is 0 Å². The number of carbonyl (C=O) groups excluding carboxylic acids is 1. The number of fused-ring (bicyclic) bond motifs is 1. The van der Waals surface area contributed by atoms with Gasteiger partial charge in [0.25, 0.3) is 0 Å². The van der Waals surface area contributed by atoms with Gasteiger partial charge < -0.3 is 14.2 Å². The standard InChI is InChI=1S/C15H18O4/c1-17-10-3-2-4-11(7-10)19-12-5-6-13-14(16)9-18-15(13)8-12/h5-6,8,10-11H,2-4,7,9H2,1H3. The van der Waals surface area contributed by atoms with Gasteiger partial charge in [-0.15, -0.1) is 0 Å². The maximum Gasteiger partial charge on any atom is 0.203 e. The highest BCUT2D eigenvalue weighted by atomic mass is 16.5. The molecule has 0 N–H and O–H groups in total. The van der Waals surface area contributed by atoms with Crippen LogP contribution in [0.25, 0.3) is 0 Å². The van der Waals surface area contributed by atoms with Crippen molar-refractivity contribution in [3.8, 4) is 11.5 Å². The minimum Gasteiger partial charge on any atom is -0.490 e. The molecule has 1 aliphatic carbocycles. The second kappa shape index (κ2) is 5.21. The zero-order valence-corrected chi connectivity index (χ0v) is 11.1. The molecule has 0 radical (unpaired) electrons. The van der Waals surface area contributed by atoms with Crippen molar-refractivity contribution >= 4 is 5.78 Å². The Hall–Kier alpha value is -1.55. The quantitative estimate of drug-likeness (QED) is 0.840. The van der Waals surface area contributed by atoms with E-state index >= 15 is 0 Å². The number of Topliss-reactive ketones (excluding diaryl/α,β-unsaturated/α-hetero) is 1. The largest absolute Gasteiger partial charge is 0.490 e. The Morgan fingerprint density at radius 3 is 2.95 bits per heavy atom. The van der Waals surface area contributed by atoms with E-state index in [0.29, 0.717) is 17.4 Å². The van der Waals surface area contributed by atoms with E-state index < -0.39 is 0 Å². The summed E-state index contributed by atoms with van der Waals surface area (Å²) < 4.78 is 16.7. The van der Waals surface area contributed by atoms with Gasteiger partial charge in [-0.1, -0.05) is 0 Å². The van der Waals surface area contributed by atoms with Crippen LogP contribution in [-0.4, -0.2) is 31.7 Å². The monoisotopic (exact) mass is 262 g/mol. The van der Waals surface area contributed by atoms with Gasteiger partial charge in [-0.05, 0) is 31.4 Å². The van der Waals surface area contributed by atoms with Crippen LogP contribution in [0.3, 0.4) is 0 Å². The molecule has 19 heavy (non-hydrogen) atoms. The number of rotatable bonds is 3. The molecule has 1 saturated carbocycles. The van der Waals surface area contributed by atoms with Gasteiger partial charge in [-0.2, -0.15) is 0 Å². The zero-order chi connectivity index (χ0) is 13.2. The Labute approximate surface area is 112 Å². The predicted octanol–water partition coefficient (Wildman–Crippen LogP) is 2.60. The van der Waals surface area contributed by atoms with E-state index in [9.17, 15) is 4.79 Å². The van der Waals surface area contributed by atoms with Gasteiger partial charge in [0.15, 0.2) is 6.61 Å². The molecule has 2 atom stereocenters. The van der Waals surface area contributed by atoms with Crippen LogP contribution in [0.15, 0.2) is 18.2 Å². The van der Waals surface area contributed by atoms with Crippen LogP contribution >= 0.6 is 0 Å². The first-order chi connectivity index (χ1) is 9.26. The molecule has 2 aliphatic rings. The number of methoxy groups -OCH3 is 1. The van der Waals surface area contributed by atoms with Crippen molar-refractivity contribution in [3.63, 3.8) is 0 Å². The third kappa shape index (κ3) is 2.59. The maximum atomic E-state index is 11.5. The number of hydrogen-bond acceptors (Lipinski definition) is 4. The summed E-state index contributed by atoms with van der Waals surface area (Å²) in [6.07, 6.45) is 4.70. The van der Waals surface area contributed by atoms with Crippen LogP contribution in [0.4, 0.5) is 0 Å². The summed E-state index contributed by atoms with van der Waals surface area (Å²) >= 11 is 0. The molecule has 102 valence electrons. The highest BCUT2D eigenvalue weighted by Gasteiger charge is 2.25. The Bertz CT molecular complexity index is 483. The third-order valence-electron chi connectivity index (χ3n) is 3.83. The molecule has 1 fully saturated rings. The Kier molecular flexibility index (Phi) is 3.42. The average Bonchev–Trinajstić information content (AvgIpc) is 2.80. The van der Waals surface area contributed by atoms with Crippen LogP contribution in [0.2, 0.25) is 0 Å². The van der Waals surface area contributed by atoms with Crippen molar-refractivity contribution in [2.75, 3.05) is 13.7 Å². The topological polar surface area (TPSA) is 44.8 Å². The summed E-state index contributed by atoms with van der Waals surface area (Å²) in [4.78, 5) is 11.5. The molecular formula is C15H18O4. The van der Waals surface area contributed by atoms with Gasteiger partial charge in [0.2, 0.25) is 5.78 Å². The molecule has 2 unspecified atom stereocenters. The lowest BCUT2D eigenvalue weighted by molar-refractivity contribution is 0.0209. The number of carbonyl (C=O) groups is 1. The summed E-state index contributed by atoms with van der Waals surface area (Å²) in [5.41, 5.74) is 0.658. The summed E-state index contributed by atoms with van der Waals surface area (Å²) in [6.45, 7) is 0.147. The molecular weight excluding hydrogens is 244 g/mol. The van der Waals surface area contributed by atoms with E-state index in [1.807, 2.05) is 12.1 Å². The maximum absolute atomic E-state index is 11.5. The fraction of sp³-hybridized carbons (Fsp3) is 0.533. The van der Waals surface area contributed by atoms with E-state index in [0.717, 1.165) is 31.4 Å². The van der Waals surface area contributed by atoms with E-state index in [2.05, 4.69) is 0 Å². The summed E-state index contributed by atoms with van der Waals surface area (Å²) in [6, 6.07) is 5.45. The van der Waals surface area contributed by atoms with Gasteiger partial charge in [-0.25, -0.2) is 0 Å². The molecule has 1 aliphatic heterocycles. The fourth-order valence-corrected chi connectivity index (χ4v) is 2.76. The van der Waals surface area contributed by atoms with Crippen molar-refractivity contribution in [2.45, 2.75) is 37.9 Å². The Morgan fingerprint density at radius 1 is 1.26 bits per heavy atom. The summed E-state index contributed by atoms with van der Waals surface area (Å²) in [5, 5.41) is 0. The lowest BCUT2D eigenvalue weighted by atomic mass is 9.95. The van der Waals surface area contributed by atoms with Crippen molar-refractivity contribution in [2.24, 2.45) is 0 Å². The SMILES string of the molecule is COC1CCCC(Oc2ccc3c(c2)OCC3=O)C1. The second-order valence-corrected chi connectivity index (χ2v) is 5.13. The average molecular weight is 262 g/mol. The number of ketones is 1. The highest BCUT2D eigenvalue weighted by Crippen LogP contribution is 2.32. The minimum absolute atomic E-state index is 0.0404. The van der Waals surface area contributed by atoms with Gasteiger partial charge in [0.05, 0.1) is 11.7 Å². The molecule has 0 spiro atoms. The number of benzene rings is 1. The van der Waals surface area contributed by atoms with E-state index in [1.165, 1.54) is 0 Å². The number of ether oxygens (including phenoxy) is 3. The smallest absolute Gasteiger partial charge is 0.203 e. The van der Waals surface area contributed by atoms with Crippen LogP contribution in [0.1, 0.15) is 36.0 Å². The predicted molar refractivity (Wildman–Crippen MR) is 69.9 cm³/mol. The molecule has 0 amide bonds. The first kappa shape index (κ1) is 12.5. The molecule has 1 heterocycles. The first-order valence-electron chi connectivity index (χ1n) is 6.76. The summed E-state index contributed by atoms with van der Waals surface area (Å²) in [5.74, 6) is 1.45. The molecule has 1 aromatic rings. The van der Waals surface area contributed by atoms with Gasteiger partial charge in [0.1, 0.15) is 17.6 Å². The van der Waals surface area contributed by atoms with Crippen LogP contribution < -0.4 is 9.47 Å². The molecule has 3 rings (SSSR count). The zero-order valence-electron chi connectivity index (χ0n) is 11.1. The first-order valence-corrected chi connectivity index (χ1v) is 6.76. The second-order valence-electron chi connectivity index (χ2n) is 5.13. The highest BCUT2D eigenvalue weighted by molar-refractivity contribution is 6.02. The molecule has 0 aromatic heterocycles. The van der Waals surface area contributed by atoms with E-state index in [1.54, 1.807) is 13.2 Å². The van der Waals surface area contributed by atoms with Crippen LogP contribution in [0.5, 0.6) is 11.5 Å². The lowest BCUT2D eigenvalue weighted by Crippen LogP contribution is -2.29. The minimum atomic E-state index is 0.0404. The van der Waals surface area contributed by atoms with Crippen LogP contribution in [0, 0.1) is 0 Å². The van der Waals surface area contributed by atoms with Crippen molar-refractivity contribution < 1.29 is 19.0 Å². The molecule has 4 nitrogen and oxygen atoms in total. The molecule has 0 bridgehead atoms. The third-order valence-corrected chi connectivity index (χ3v) is 3.83. The van der Waals surface area contributed by atoms with Gasteiger partial charge in [0, 0.05) is 19.6 Å². The Balaban J connectivity index is 1.68. The van der Waals surface area contributed by atoms with Gasteiger partial charge >= 0.3 is 0 Å². The normalized spacial score (nSPS) is 25.8.